The quantitative estimate of drug-likeness (QED) is 0.772. The van der Waals surface area contributed by atoms with E-state index in [1.54, 1.807) is 0 Å². The monoisotopic (exact) mass is 325 g/mol. The lowest BCUT2D eigenvalue weighted by Gasteiger charge is -2.38. The molecule has 0 atom stereocenters. The zero-order chi connectivity index (χ0) is 15.4. The fraction of sp³-hybridized carbons (Fsp3) is 0.800. The molecule has 3 aliphatic heterocycles. The van der Waals surface area contributed by atoms with Gasteiger partial charge in [0.1, 0.15) is 5.82 Å². The van der Waals surface area contributed by atoms with Crippen LogP contribution in [0.1, 0.15) is 32.0 Å². The highest BCUT2D eigenvalue weighted by atomic mass is 28.4. The van der Waals surface area contributed by atoms with Gasteiger partial charge in [-0.3, -0.25) is 4.90 Å². The molecule has 0 unspecified atom stereocenters. The maximum absolute atomic E-state index is 6.07. The molecule has 7 heteroatoms. The van der Waals surface area contributed by atoms with Gasteiger partial charge in [-0.15, -0.1) is 0 Å². The maximum Gasteiger partial charge on any atom is 0.501 e. The van der Waals surface area contributed by atoms with E-state index in [1.165, 1.54) is 0 Å². The Morgan fingerprint density at radius 3 is 2.36 bits per heavy atom. The first-order chi connectivity index (χ1) is 10.7. The van der Waals surface area contributed by atoms with Crippen molar-refractivity contribution in [3.05, 3.63) is 18.2 Å². The number of hydrogen-bond acceptors (Lipinski definition) is 5. The summed E-state index contributed by atoms with van der Waals surface area (Å²) in [5, 5.41) is 0. The van der Waals surface area contributed by atoms with Gasteiger partial charge in [0.15, 0.2) is 0 Å². The van der Waals surface area contributed by atoms with Gasteiger partial charge in [-0.25, -0.2) is 4.98 Å². The van der Waals surface area contributed by atoms with Crippen LogP contribution in [0.2, 0.25) is 6.04 Å². The Kier molecular flexibility index (Phi) is 5.30. The molecule has 0 amide bonds. The minimum Gasteiger partial charge on any atom is -0.372 e. The zero-order valence-electron chi connectivity index (χ0n) is 13.7. The van der Waals surface area contributed by atoms with E-state index in [-0.39, 0.29) is 0 Å². The topological polar surface area (TPSA) is 48.8 Å². The summed E-state index contributed by atoms with van der Waals surface area (Å²) in [5.41, 5.74) is 0. The highest BCUT2D eigenvalue weighted by Gasteiger charge is 2.43. The molecule has 1 aromatic rings. The van der Waals surface area contributed by atoms with E-state index in [2.05, 4.69) is 34.5 Å². The molecular formula is C15H27N3O3Si. The van der Waals surface area contributed by atoms with Crippen molar-refractivity contribution >= 4 is 8.80 Å². The standard InChI is InChI=1S/C15H27N3O3Si/c1-14(2)15-16-4-6-18(15)5-3-13-22-19-10-7-17(8-11-20-22)9-12-21-22/h4,6,14H,3,5,7-13H2,1-2H3. The van der Waals surface area contributed by atoms with E-state index < -0.39 is 8.80 Å². The average Bonchev–Trinajstić information content (AvgIpc) is 2.88. The first-order valence-corrected chi connectivity index (χ1v) is 10.3. The summed E-state index contributed by atoms with van der Waals surface area (Å²) in [7, 11) is -2.47. The number of hydrogen-bond donors (Lipinski definition) is 0. The van der Waals surface area contributed by atoms with Crippen LogP contribution in [-0.2, 0) is 19.8 Å². The second-order valence-corrected chi connectivity index (χ2v) is 9.04. The number of fused-ring (bicyclic) bond motifs is 6. The number of aromatic nitrogens is 2. The van der Waals surface area contributed by atoms with Crippen molar-refractivity contribution in [1.29, 1.82) is 0 Å². The molecule has 3 fully saturated rings. The lowest BCUT2D eigenvalue weighted by atomic mass is 10.2. The maximum atomic E-state index is 6.07. The number of rotatable bonds is 5. The molecule has 0 N–H and O–H groups in total. The summed E-state index contributed by atoms with van der Waals surface area (Å²) in [6.07, 6.45) is 4.95. The van der Waals surface area contributed by atoms with Crippen LogP contribution >= 0.6 is 0 Å². The van der Waals surface area contributed by atoms with Gasteiger partial charge in [-0.05, 0) is 6.42 Å². The number of aryl methyl sites for hydroxylation is 1. The predicted molar refractivity (Wildman–Crippen MR) is 85.8 cm³/mol. The molecule has 6 nitrogen and oxygen atoms in total. The molecule has 4 rings (SSSR count). The van der Waals surface area contributed by atoms with Gasteiger partial charge in [0.05, 0.1) is 19.8 Å². The van der Waals surface area contributed by atoms with E-state index in [4.69, 9.17) is 13.3 Å². The Hall–Kier alpha value is -0.733. The van der Waals surface area contributed by atoms with Crippen LogP contribution in [0.15, 0.2) is 12.4 Å². The number of imidazole rings is 1. The van der Waals surface area contributed by atoms with E-state index in [9.17, 15) is 0 Å². The molecule has 0 spiro atoms. The van der Waals surface area contributed by atoms with Crippen molar-refractivity contribution in [1.82, 2.24) is 14.5 Å². The SMILES string of the molecule is CC(C)c1nccn1CCC[Si]12OCCN(CCO1)CCO2. The lowest BCUT2D eigenvalue weighted by Crippen LogP contribution is -2.55. The molecule has 3 saturated heterocycles. The van der Waals surface area contributed by atoms with Crippen LogP contribution in [0, 0.1) is 0 Å². The third-order valence-electron chi connectivity index (χ3n) is 4.33. The van der Waals surface area contributed by atoms with Gasteiger partial charge in [-0.1, -0.05) is 13.8 Å². The largest absolute Gasteiger partial charge is 0.501 e. The molecule has 2 bridgehead atoms. The van der Waals surface area contributed by atoms with Gasteiger partial charge in [0, 0.05) is 50.5 Å². The van der Waals surface area contributed by atoms with Crippen molar-refractivity contribution in [3.8, 4) is 0 Å². The predicted octanol–water partition coefficient (Wildman–Crippen LogP) is 1.71. The fourth-order valence-corrected chi connectivity index (χ4v) is 5.63. The summed E-state index contributed by atoms with van der Waals surface area (Å²) in [5.74, 6) is 1.59. The van der Waals surface area contributed by atoms with Gasteiger partial charge in [0.2, 0.25) is 0 Å². The molecular weight excluding hydrogens is 298 g/mol. The van der Waals surface area contributed by atoms with Crippen LogP contribution in [0.4, 0.5) is 0 Å². The van der Waals surface area contributed by atoms with E-state index in [1.807, 2.05) is 6.20 Å². The van der Waals surface area contributed by atoms with E-state index in [0.29, 0.717) is 5.92 Å². The fourth-order valence-electron chi connectivity index (χ4n) is 3.14. The molecule has 22 heavy (non-hydrogen) atoms. The van der Waals surface area contributed by atoms with E-state index in [0.717, 1.165) is 64.3 Å². The normalized spacial score (nSPS) is 29.3. The third-order valence-corrected chi connectivity index (χ3v) is 7.23. The Labute approximate surface area is 133 Å². The second-order valence-electron chi connectivity index (χ2n) is 6.31. The zero-order valence-corrected chi connectivity index (χ0v) is 14.7. The molecule has 0 aromatic carbocycles. The summed E-state index contributed by atoms with van der Waals surface area (Å²) < 4.78 is 20.4. The molecule has 124 valence electrons. The van der Waals surface area contributed by atoms with Crippen LogP contribution in [0.3, 0.4) is 0 Å². The summed E-state index contributed by atoms with van der Waals surface area (Å²) in [6.45, 7) is 10.5. The molecule has 4 heterocycles. The minimum atomic E-state index is -2.47. The summed E-state index contributed by atoms with van der Waals surface area (Å²) >= 11 is 0. The first-order valence-electron chi connectivity index (χ1n) is 8.34. The Morgan fingerprint density at radius 1 is 1.14 bits per heavy atom. The number of nitrogens with zero attached hydrogens (tertiary/aromatic N) is 3. The van der Waals surface area contributed by atoms with Crippen molar-refractivity contribution < 1.29 is 13.3 Å². The van der Waals surface area contributed by atoms with Crippen LogP contribution < -0.4 is 0 Å². The molecule has 1 aromatic heterocycles. The highest BCUT2D eigenvalue weighted by Crippen LogP contribution is 2.23. The highest BCUT2D eigenvalue weighted by molar-refractivity contribution is 6.60. The molecule has 3 aliphatic rings. The average molecular weight is 325 g/mol. The Bertz CT molecular complexity index is 454. The van der Waals surface area contributed by atoms with Gasteiger partial charge in [0.25, 0.3) is 0 Å². The first kappa shape index (κ1) is 16.1. The van der Waals surface area contributed by atoms with Crippen LogP contribution in [0.25, 0.3) is 0 Å². The van der Waals surface area contributed by atoms with Crippen molar-refractivity contribution in [3.63, 3.8) is 0 Å². The summed E-state index contributed by atoms with van der Waals surface area (Å²) in [4.78, 5) is 6.79. The van der Waals surface area contributed by atoms with Gasteiger partial charge in [-0.2, -0.15) is 0 Å². The van der Waals surface area contributed by atoms with Crippen LogP contribution in [0.5, 0.6) is 0 Å². The minimum absolute atomic E-state index is 0.447. The summed E-state index contributed by atoms with van der Waals surface area (Å²) in [6, 6.07) is 0.892. The van der Waals surface area contributed by atoms with Crippen molar-refractivity contribution in [2.24, 2.45) is 0 Å². The third kappa shape index (κ3) is 3.78. The van der Waals surface area contributed by atoms with Crippen molar-refractivity contribution in [2.75, 3.05) is 39.5 Å². The Balaban J connectivity index is 1.58. The van der Waals surface area contributed by atoms with Gasteiger partial charge < -0.3 is 17.8 Å². The second kappa shape index (κ2) is 7.23. The van der Waals surface area contributed by atoms with Crippen molar-refractivity contribution in [2.45, 2.75) is 38.8 Å². The molecule has 0 radical (unpaired) electrons. The van der Waals surface area contributed by atoms with Crippen LogP contribution in [-0.4, -0.2) is 62.7 Å². The smallest absolute Gasteiger partial charge is 0.372 e. The Morgan fingerprint density at radius 2 is 1.77 bits per heavy atom. The van der Waals surface area contributed by atoms with Gasteiger partial charge >= 0.3 is 8.80 Å². The molecule has 0 aliphatic carbocycles. The lowest BCUT2D eigenvalue weighted by molar-refractivity contribution is -0.00866. The molecule has 0 saturated carbocycles. The van der Waals surface area contributed by atoms with E-state index >= 15 is 0 Å².